The summed E-state index contributed by atoms with van der Waals surface area (Å²) in [5, 5.41) is 2.61. The third-order valence-corrected chi connectivity index (χ3v) is 2.75. The Morgan fingerprint density at radius 3 is 2.42 bits per heavy atom. The quantitative estimate of drug-likeness (QED) is 0.824. The Labute approximate surface area is 115 Å². The molecule has 7 heteroatoms. The fraction of sp³-hybridized carbons (Fsp3) is 0.333. The second kappa shape index (κ2) is 5.92. The van der Waals surface area contributed by atoms with Gasteiger partial charge in [0.15, 0.2) is 11.6 Å². The number of thiocarbonyl (C=S) groups is 1. The van der Waals surface area contributed by atoms with Crippen molar-refractivity contribution in [3.8, 4) is 0 Å². The topological polar surface area (TPSA) is 58.4 Å². The van der Waals surface area contributed by atoms with Crippen LogP contribution in [0.15, 0.2) is 12.1 Å². The van der Waals surface area contributed by atoms with Crippen molar-refractivity contribution < 1.29 is 13.6 Å². The molecule has 0 aliphatic rings. The number of anilines is 1. The molecule has 4 nitrogen and oxygen atoms in total. The first-order valence-corrected chi connectivity index (χ1v) is 5.92. The molecule has 0 aliphatic carbocycles. The Morgan fingerprint density at radius 2 is 1.95 bits per heavy atom. The molecule has 19 heavy (non-hydrogen) atoms. The van der Waals surface area contributed by atoms with Crippen molar-refractivity contribution in [2.45, 2.75) is 13.0 Å². The number of halogens is 2. The second-order valence-corrected chi connectivity index (χ2v) is 4.69. The zero-order valence-corrected chi connectivity index (χ0v) is 11.6. The van der Waals surface area contributed by atoms with Gasteiger partial charge in [0.25, 0.3) is 0 Å². The Bertz CT molecular complexity index is 520. The average Bonchev–Trinajstić information content (AvgIpc) is 2.33. The fourth-order valence-corrected chi connectivity index (χ4v) is 1.69. The predicted octanol–water partition coefficient (Wildman–Crippen LogP) is 1.49. The van der Waals surface area contributed by atoms with Gasteiger partial charge in [-0.15, -0.1) is 0 Å². The molecular weight excluding hydrogens is 272 g/mol. The fourth-order valence-electron chi connectivity index (χ4n) is 1.53. The van der Waals surface area contributed by atoms with Crippen LogP contribution in [0.5, 0.6) is 0 Å². The summed E-state index contributed by atoms with van der Waals surface area (Å²) in [6, 6.07) is 1.89. The van der Waals surface area contributed by atoms with Gasteiger partial charge in [0.1, 0.15) is 11.0 Å². The monoisotopic (exact) mass is 287 g/mol. The molecule has 1 aromatic carbocycles. The lowest BCUT2D eigenvalue weighted by molar-refractivity contribution is -0.129. The van der Waals surface area contributed by atoms with Gasteiger partial charge in [-0.2, -0.15) is 0 Å². The summed E-state index contributed by atoms with van der Waals surface area (Å²) in [4.78, 5) is 12.8. The number of nitrogens with zero attached hydrogens (tertiary/aromatic N) is 1. The van der Waals surface area contributed by atoms with Crippen molar-refractivity contribution in [1.29, 1.82) is 0 Å². The smallest absolute Gasteiger partial charge is 0.244 e. The van der Waals surface area contributed by atoms with Gasteiger partial charge < -0.3 is 16.0 Å². The standard InChI is InChI=1S/C12H15F2N3OS/c1-6(12(18)17(2)3)16-8-5-4-7(11(15)19)9(13)10(8)14/h4-6,16H,1-3H3,(H2,15,19). The lowest BCUT2D eigenvalue weighted by atomic mass is 10.1. The summed E-state index contributed by atoms with van der Waals surface area (Å²) < 4.78 is 27.4. The molecule has 0 saturated carbocycles. The highest BCUT2D eigenvalue weighted by Crippen LogP contribution is 2.21. The van der Waals surface area contributed by atoms with E-state index in [4.69, 9.17) is 5.73 Å². The summed E-state index contributed by atoms with van der Waals surface area (Å²) in [7, 11) is 3.15. The van der Waals surface area contributed by atoms with E-state index in [9.17, 15) is 13.6 Å². The van der Waals surface area contributed by atoms with Crippen molar-refractivity contribution in [3.05, 3.63) is 29.3 Å². The van der Waals surface area contributed by atoms with E-state index in [1.54, 1.807) is 21.0 Å². The second-order valence-electron chi connectivity index (χ2n) is 4.25. The zero-order valence-electron chi connectivity index (χ0n) is 10.8. The summed E-state index contributed by atoms with van der Waals surface area (Å²) in [6.07, 6.45) is 0. The third kappa shape index (κ3) is 3.37. The number of likely N-dealkylation sites (N-methyl/N-ethyl adjacent to an activating group) is 1. The number of carbonyl (C=O) groups excluding carboxylic acids is 1. The van der Waals surface area contributed by atoms with Gasteiger partial charge in [0, 0.05) is 19.7 Å². The number of nitrogens with one attached hydrogen (secondary N) is 1. The van der Waals surface area contributed by atoms with Crippen LogP contribution in [0.25, 0.3) is 0 Å². The van der Waals surface area contributed by atoms with Crippen molar-refractivity contribution in [2.75, 3.05) is 19.4 Å². The molecule has 0 fully saturated rings. The van der Waals surface area contributed by atoms with Crippen molar-refractivity contribution in [1.82, 2.24) is 4.90 Å². The van der Waals surface area contributed by atoms with E-state index in [0.29, 0.717) is 0 Å². The number of benzene rings is 1. The van der Waals surface area contributed by atoms with E-state index in [0.717, 1.165) is 0 Å². The minimum absolute atomic E-state index is 0.111. The maximum absolute atomic E-state index is 13.8. The van der Waals surface area contributed by atoms with Gasteiger partial charge >= 0.3 is 0 Å². The molecule has 0 aliphatic heterocycles. The third-order valence-electron chi connectivity index (χ3n) is 2.53. The average molecular weight is 287 g/mol. The van der Waals surface area contributed by atoms with Crippen LogP contribution in [0.3, 0.4) is 0 Å². The van der Waals surface area contributed by atoms with E-state index < -0.39 is 17.7 Å². The molecule has 104 valence electrons. The van der Waals surface area contributed by atoms with Crippen LogP contribution in [0.1, 0.15) is 12.5 Å². The maximum atomic E-state index is 13.8. The predicted molar refractivity (Wildman–Crippen MR) is 74.0 cm³/mol. The van der Waals surface area contributed by atoms with Crippen LogP contribution >= 0.6 is 12.2 Å². The van der Waals surface area contributed by atoms with Gasteiger partial charge in [-0.25, -0.2) is 8.78 Å². The minimum Gasteiger partial charge on any atom is -0.389 e. The van der Waals surface area contributed by atoms with Crippen LogP contribution in [0.4, 0.5) is 14.5 Å². The highest BCUT2D eigenvalue weighted by Gasteiger charge is 2.19. The molecule has 1 atom stereocenters. The van der Waals surface area contributed by atoms with Crippen molar-refractivity contribution >= 4 is 28.8 Å². The molecule has 0 bridgehead atoms. The van der Waals surface area contributed by atoms with Gasteiger partial charge in [-0.05, 0) is 19.1 Å². The largest absolute Gasteiger partial charge is 0.389 e. The Hall–Kier alpha value is -1.76. The van der Waals surface area contributed by atoms with Gasteiger partial charge in [-0.3, -0.25) is 4.79 Å². The molecule has 1 unspecified atom stereocenters. The Balaban J connectivity index is 3.01. The van der Waals surface area contributed by atoms with Crippen LogP contribution in [-0.2, 0) is 4.79 Å². The number of hydrogen-bond donors (Lipinski definition) is 2. The highest BCUT2D eigenvalue weighted by molar-refractivity contribution is 7.80. The minimum atomic E-state index is -1.12. The van der Waals surface area contributed by atoms with E-state index in [2.05, 4.69) is 17.5 Å². The highest BCUT2D eigenvalue weighted by atomic mass is 32.1. The Morgan fingerprint density at radius 1 is 1.37 bits per heavy atom. The number of carbonyl (C=O) groups is 1. The van der Waals surface area contributed by atoms with Gasteiger partial charge in [0.05, 0.1) is 5.69 Å². The van der Waals surface area contributed by atoms with Crippen molar-refractivity contribution in [3.63, 3.8) is 0 Å². The molecule has 0 heterocycles. The number of nitrogens with two attached hydrogens (primary N) is 1. The molecule has 0 saturated heterocycles. The molecular formula is C12H15F2N3OS. The maximum Gasteiger partial charge on any atom is 0.244 e. The number of amides is 1. The van der Waals surface area contributed by atoms with Crippen molar-refractivity contribution in [2.24, 2.45) is 5.73 Å². The first kappa shape index (κ1) is 15.3. The normalized spacial score (nSPS) is 11.8. The number of hydrogen-bond acceptors (Lipinski definition) is 3. The van der Waals surface area contributed by atoms with Gasteiger partial charge in [0.2, 0.25) is 5.91 Å². The number of rotatable bonds is 4. The summed E-state index contributed by atoms with van der Waals surface area (Å²) in [6.45, 7) is 1.56. The first-order valence-electron chi connectivity index (χ1n) is 5.51. The van der Waals surface area contributed by atoms with Gasteiger partial charge in [-0.1, -0.05) is 12.2 Å². The SMILES string of the molecule is CC(Nc1ccc(C(N)=S)c(F)c1F)C(=O)N(C)C. The molecule has 1 aromatic rings. The zero-order chi connectivity index (χ0) is 14.7. The van der Waals surface area contributed by atoms with Crippen LogP contribution in [0, 0.1) is 11.6 Å². The van der Waals surface area contributed by atoms with E-state index in [1.807, 2.05) is 0 Å². The molecule has 0 aromatic heterocycles. The molecule has 1 amide bonds. The molecule has 3 N–H and O–H groups in total. The van der Waals surface area contributed by atoms with E-state index >= 15 is 0 Å². The molecule has 0 radical (unpaired) electrons. The lowest BCUT2D eigenvalue weighted by Crippen LogP contribution is -2.36. The molecule has 0 spiro atoms. The summed E-state index contributed by atoms with van der Waals surface area (Å²) in [5.41, 5.74) is 4.99. The van der Waals surface area contributed by atoms with Crippen LogP contribution in [0.2, 0.25) is 0 Å². The summed E-state index contributed by atoms with van der Waals surface area (Å²) in [5.74, 6) is -2.48. The van der Waals surface area contributed by atoms with E-state index in [1.165, 1.54) is 17.0 Å². The van der Waals surface area contributed by atoms with Crippen LogP contribution in [-0.4, -0.2) is 35.9 Å². The van der Waals surface area contributed by atoms with E-state index in [-0.39, 0.29) is 22.1 Å². The Kier molecular flexibility index (Phi) is 4.77. The summed E-state index contributed by atoms with van der Waals surface area (Å²) >= 11 is 4.61. The first-order chi connectivity index (χ1) is 8.75. The molecule has 1 rings (SSSR count). The lowest BCUT2D eigenvalue weighted by Gasteiger charge is -2.19. The van der Waals surface area contributed by atoms with Crippen LogP contribution < -0.4 is 11.1 Å².